The topological polar surface area (TPSA) is 110 Å². The third kappa shape index (κ3) is 6.27. The molecule has 3 aromatic rings. The van der Waals surface area contributed by atoms with Crippen LogP contribution in [0.2, 0.25) is 5.02 Å². The number of nitrogens with two attached hydrogens (primary N) is 1. The van der Waals surface area contributed by atoms with Gasteiger partial charge in [-0.1, -0.05) is 29.8 Å². The van der Waals surface area contributed by atoms with Crippen LogP contribution in [0.5, 0.6) is 0 Å². The Hall–Kier alpha value is -3.30. The number of carbonyl (C=O) groups excluding carboxylic acids is 3. The van der Waals surface area contributed by atoms with Gasteiger partial charge in [0.25, 0.3) is 0 Å². The molecule has 1 aliphatic carbocycles. The van der Waals surface area contributed by atoms with E-state index in [2.05, 4.69) is 16.1 Å². The number of benzene rings is 2. The zero-order chi connectivity index (χ0) is 26.2. The number of amides is 2. The van der Waals surface area contributed by atoms with Gasteiger partial charge in [0, 0.05) is 23.0 Å². The maximum Gasteiger partial charge on any atom is 0.245 e. The van der Waals surface area contributed by atoms with Crippen LogP contribution in [0.25, 0.3) is 10.9 Å². The average molecular weight is 516 g/mol. The summed E-state index contributed by atoms with van der Waals surface area (Å²) in [5.41, 5.74) is 6.93. The van der Waals surface area contributed by atoms with Crippen LogP contribution in [-0.4, -0.2) is 52.4 Å². The van der Waals surface area contributed by atoms with Gasteiger partial charge in [-0.3, -0.25) is 14.3 Å². The van der Waals surface area contributed by atoms with Crippen molar-refractivity contribution in [3.05, 3.63) is 64.6 Å². The average Bonchev–Trinajstić information content (AvgIpc) is 3.53. The summed E-state index contributed by atoms with van der Waals surface area (Å²) in [4.78, 5) is 34.5. The molecular weight excluding hydrogens is 485 g/mol. The molecule has 1 saturated heterocycles. The quantitative estimate of drug-likeness (QED) is 0.507. The van der Waals surface area contributed by atoms with Crippen molar-refractivity contribution < 1.29 is 18.8 Å². The van der Waals surface area contributed by atoms with Gasteiger partial charge in [0.15, 0.2) is 0 Å². The molecule has 192 valence electrons. The fourth-order valence-corrected chi connectivity index (χ4v) is 5.36. The van der Waals surface area contributed by atoms with E-state index >= 15 is 0 Å². The van der Waals surface area contributed by atoms with E-state index < -0.39 is 0 Å². The van der Waals surface area contributed by atoms with Crippen LogP contribution < -0.4 is 11.1 Å². The summed E-state index contributed by atoms with van der Waals surface area (Å²) in [5, 5.41) is 8.92. The number of para-hydroxylation sites is 1. The van der Waals surface area contributed by atoms with Crippen molar-refractivity contribution in [2.75, 3.05) is 7.05 Å². The standard InChI is InChI=1S/C17H19N3O2.C8H9ClFN.CH3NO/c1-11-14-4-2-3-5-15(14)19(18-11)9-17(22)20-13-7-6-12(8-13)16(20)10-21;1-11-5-6-2-7(9)4-8(10)3-6;2-1-3/h2-5,10,12-13,16H,6-9H2,1H3;2-4,11H,5H2,1H3;1H,(H2,2,3). The largest absolute Gasteiger partial charge is 0.372 e. The molecule has 5 rings (SSSR count). The number of fused-ring (bicyclic) bond motifs is 3. The first-order chi connectivity index (χ1) is 17.3. The first kappa shape index (κ1) is 27.3. The predicted octanol–water partition coefficient (Wildman–Crippen LogP) is 3.22. The molecule has 1 aromatic heterocycles. The van der Waals surface area contributed by atoms with Crippen LogP contribution >= 0.6 is 11.6 Å². The van der Waals surface area contributed by atoms with Crippen molar-refractivity contribution in [2.45, 2.75) is 51.4 Å². The number of aryl methyl sites for hydroxylation is 1. The van der Waals surface area contributed by atoms with E-state index in [0.29, 0.717) is 17.5 Å². The van der Waals surface area contributed by atoms with Crippen LogP contribution in [-0.2, 0) is 27.5 Å². The highest BCUT2D eigenvalue weighted by molar-refractivity contribution is 6.30. The third-order valence-electron chi connectivity index (χ3n) is 6.50. The molecule has 2 aliphatic rings. The Balaban J connectivity index is 0.000000217. The number of hydrogen-bond acceptors (Lipinski definition) is 5. The zero-order valence-electron chi connectivity index (χ0n) is 20.4. The number of aldehydes is 1. The van der Waals surface area contributed by atoms with Crippen LogP contribution in [0.1, 0.15) is 30.5 Å². The second kappa shape index (κ2) is 12.6. The van der Waals surface area contributed by atoms with E-state index in [1.165, 1.54) is 12.1 Å². The molecule has 1 saturated carbocycles. The minimum atomic E-state index is -0.289. The minimum Gasteiger partial charge on any atom is -0.372 e. The molecular formula is C26H31ClFN5O3. The van der Waals surface area contributed by atoms with Crippen LogP contribution in [0.15, 0.2) is 42.5 Å². The van der Waals surface area contributed by atoms with Crippen molar-refractivity contribution in [1.29, 1.82) is 0 Å². The molecule has 8 nitrogen and oxygen atoms in total. The molecule has 0 spiro atoms. The Morgan fingerprint density at radius 3 is 2.64 bits per heavy atom. The van der Waals surface area contributed by atoms with Crippen molar-refractivity contribution in [3.63, 3.8) is 0 Å². The molecule has 36 heavy (non-hydrogen) atoms. The SMILES string of the molecule is CNCc1cc(F)cc(Cl)c1.Cc1nn(CC(=O)N2C3CCC(C3)C2C=O)c2ccccc12.NC=O. The fraction of sp³-hybridized carbons (Fsp3) is 0.385. The summed E-state index contributed by atoms with van der Waals surface area (Å²) >= 11 is 5.62. The smallest absolute Gasteiger partial charge is 0.245 e. The number of primary amides is 1. The van der Waals surface area contributed by atoms with Crippen LogP contribution in [0.3, 0.4) is 0 Å². The Bertz CT molecular complexity index is 1200. The number of rotatable bonds is 5. The number of hydrogen-bond donors (Lipinski definition) is 2. The highest BCUT2D eigenvalue weighted by Gasteiger charge is 2.47. The lowest BCUT2D eigenvalue weighted by molar-refractivity contribution is -0.139. The maximum absolute atomic E-state index is 12.7. The molecule has 2 fully saturated rings. The summed E-state index contributed by atoms with van der Waals surface area (Å²) in [5.74, 6) is 0.0860. The van der Waals surface area contributed by atoms with Gasteiger partial charge in [-0.2, -0.15) is 5.10 Å². The van der Waals surface area contributed by atoms with Crippen molar-refractivity contribution >= 4 is 41.1 Å². The number of carbonyl (C=O) groups is 3. The molecule has 10 heteroatoms. The van der Waals surface area contributed by atoms with Gasteiger partial charge in [-0.25, -0.2) is 4.39 Å². The van der Waals surface area contributed by atoms with E-state index in [1.807, 2.05) is 36.1 Å². The monoisotopic (exact) mass is 515 g/mol. The summed E-state index contributed by atoms with van der Waals surface area (Å²) in [6.07, 6.45) is 4.28. The van der Waals surface area contributed by atoms with E-state index in [0.717, 1.165) is 47.7 Å². The van der Waals surface area contributed by atoms with Gasteiger partial charge >= 0.3 is 0 Å². The van der Waals surface area contributed by atoms with E-state index in [1.54, 1.807) is 17.8 Å². The zero-order valence-corrected chi connectivity index (χ0v) is 21.1. The summed E-state index contributed by atoms with van der Waals surface area (Å²) in [7, 11) is 1.80. The van der Waals surface area contributed by atoms with Gasteiger partial charge in [-0.05, 0) is 69.0 Å². The maximum atomic E-state index is 12.7. The number of nitrogens with zero attached hydrogens (tertiary/aromatic N) is 3. The Labute approximate surface area is 214 Å². The van der Waals surface area contributed by atoms with Gasteiger partial charge in [0.05, 0.1) is 17.3 Å². The first-order valence-corrected chi connectivity index (χ1v) is 12.1. The molecule has 3 N–H and O–H groups in total. The van der Waals surface area contributed by atoms with Gasteiger partial charge in [-0.15, -0.1) is 0 Å². The van der Waals surface area contributed by atoms with Crippen LogP contribution in [0, 0.1) is 18.7 Å². The lowest BCUT2D eigenvalue weighted by atomic mass is 10.00. The predicted molar refractivity (Wildman–Crippen MR) is 137 cm³/mol. The second-order valence-electron chi connectivity index (χ2n) is 8.86. The molecule has 2 amide bonds. The molecule has 2 heterocycles. The second-order valence-corrected chi connectivity index (χ2v) is 9.30. The van der Waals surface area contributed by atoms with E-state index in [9.17, 15) is 14.0 Å². The van der Waals surface area contributed by atoms with Crippen molar-refractivity contribution in [1.82, 2.24) is 20.0 Å². The molecule has 2 bridgehead atoms. The summed E-state index contributed by atoms with van der Waals surface area (Å²) in [6, 6.07) is 12.4. The van der Waals surface area contributed by atoms with Gasteiger partial charge in [0.2, 0.25) is 12.3 Å². The first-order valence-electron chi connectivity index (χ1n) is 11.8. The minimum absolute atomic E-state index is 0.0116. The van der Waals surface area contributed by atoms with Gasteiger partial charge in [0.1, 0.15) is 18.6 Å². The van der Waals surface area contributed by atoms with Crippen molar-refractivity contribution in [3.8, 4) is 0 Å². The molecule has 2 aromatic carbocycles. The number of nitrogens with one attached hydrogen (secondary N) is 1. The Morgan fingerprint density at radius 2 is 1.97 bits per heavy atom. The number of likely N-dealkylation sites (tertiary alicyclic amines) is 1. The lowest BCUT2D eigenvalue weighted by Gasteiger charge is -2.32. The molecule has 3 unspecified atom stereocenters. The van der Waals surface area contributed by atoms with Gasteiger partial charge < -0.3 is 20.7 Å². The highest BCUT2D eigenvalue weighted by atomic mass is 35.5. The Morgan fingerprint density at radius 1 is 1.25 bits per heavy atom. The van der Waals surface area contributed by atoms with E-state index in [-0.39, 0.29) is 36.8 Å². The van der Waals surface area contributed by atoms with Crippen LogP contribution in [0.4, 0.5) is 4.39 Å². The number of aromatic nitrogens is 2. The summed E-state index contributed by atoms with van der Waals surface area (Å²) in [6.45, 7) is 2.80. The molecule has 0 radical (unpaired) electrons. The van der Waals surface area contributed by atoms with E-state index in [4.69, 9.17) is 16.4 Å². The van der Waals surface area contributed by atoms with Crippen molar-refractivity contribution in [2.24, 2.45) is 11.7 Å². The molecule has 3 atom stereocenters. The third-order valence-corrected chi connectivity index (χ3v) is 6.72. The Kier molecular flexibility index (Phi) is 9.55. The fourth-order valence-electron chi connectivity index (χ4n) is 5.11. The summed E-state index contributed by atoms with van der Waals surface area (Å²) < 4.78 is 14.4. The highest BCUT2D eigenvalue weighted by Crippen LogP contribution is 2.41. The molecule has 1 aliphatic heterocycles. The number of halogens is 2. The lowest BCUT2D eigenvalue weighted by Crippen LogP contribution is -2.47. The normalized spacial score (nSPS) is 19.8. The number of piperidine rings is 1.